The molecule has 31 heavy (non-hydrogen) atoms. The van der Waals surface area contributed by atoms with Crippen molar-refractivity contribution >= 4 is 14.4 Å². The van der Waals surface area contributed by atoms with E-state index in [4.69, 9.17) is 9.16 Å². The number of benzene rings is 2. The molecule has 5 heteroatoms. The molecule has 0 spiro atoms. The van der Waals surface area contributed by atoms with Gasteiger partial charge in [-0.05, 0) is 53.9 Å². The lowest BCUT2D eigenvalue weighted by Gasteiger charge is -2.37. The van der Waals surface area contributed by atoms with Gasteiger partial charge in [0.1, 0.15) is 6.61 Å². The highest BCUT2D eigenvalue weighted by molar-refractivity contribution is 6.74. The predicted molar refractivity (Wildman–Crippen MR) is 129 cm³/mol. The van der Waals surface area contributed by atoms with Gasteiger partial charge in [-0.3, -0.25) is 0 Å². The molecule has 0 bridgehead atoms. The summed E-state index contributed by atoms with van der Waals surface area (Å²) in [5, 5.41) is 3.29. The molecule has 1 N–H and O–H groups in total. The monoisotopic (exact) mass is 439 g/mol. The Hall–Kier alpha value is -2.11. The van der Waals surface area contributed by atoms with E-state index in [9.17, 15) is 4.79 Å². The molecule has 1 aliphatic rings. The number of hydrogen-bond donors (Lipinski definition) is 1. The summed E-state index contributed by atoms with van der Waals surface area (Å²) in [7, 11) is -1.82. The Morgan fingerprint density at radius 1 is 1.00 bits per heavy atom. The first kappa shape index (κ1) is 23.5. The highest BCUT2D eigenvalue weighted by atomic mass is 28.4. The summed E-state index contributed by atoms with van der Waals surface area (Å²) in [4.78, 5) is 12.4. The largest absolute Gasteiger partial charge is 0.445 e. The third-order valence-electron chi connectivity index (χ3n) is 6.92. The smallest absolute Gasteiger partial charge is 0.407 e. The maximum atomic E-state index is 12.4. The number of nitrogens with one attached hydrogen (secondary N) is 1. The fraction of sp³-hybridized carbons (Fsp3) is 0.500. The van der Waals surface area contributed by atoms with Crippen LogP contribution in [0.3, 0.4) is 0 Å². The standard InChI is InChI=1S/C26H37NO3Si/c1-26(2,3)31(4,5)30-19-22-16-23(17-24(22)21-14-10-7-11-15-21)27-25(28)29-18-20-12-8-6-9-13-20/h6-15,22-24H,16-19H2,1-5H3,(H,27,28). The summed E-state index contributed by atoms with van der Waals surface area (Å²) in [5.41, 5.74) is 2.32. The number of ether oxygens (including phenoxy) is 1. The summed E-state index contributed by atoms with van der Waals surface area (Å²) in [6.07, 6.45) is 1.48. The molecule has 3 rings (SSSR count). The maximum absolute atomic E-state index is 12.4. The van der Waals surface area contributed by atoms with Gasteiger partial charge >= 0.3 is 6.09 Å². The van der Waals surface area contributed by atoms with Crippen LogP contribution < -0.4 is 5.32 Å². The van der Waals surface area contributed by atoms with Crippen LogP contribution in [0.2, 0.25) is 18.1 Å². The van der Waals surface area contributed by atoms with Crippen LogP contribution in [-0.4, -0.2) is 27.1 Å². The van der Waals surface area contributed by atoms with Gasteiger partial charge in [-0.25, -0.2) is 4.79 Å². The lowest BCUT2D eigenvalue weighted by atomic mass is 9.89. The number of amides is 1. The Kier molecular flexibility index (Phi) is 7.60. The van der Waals surface area contributed by atoms with Crippen LogP contribution in [0.5, 0.6) is 0 Å². The quantitative estimate of drug-likeness (QED) is 0.501. The van der Waals surface area contributed by atoms with Gasteiger partial charge in [0, 0.05) is 12.6 Å². The second-order valence-corrected chi connectivity index (χ2v) is 15.0. The normalized spacial score (nSPS) is 21.6. The molecule has 168 valence electrons. The molecule has 1 aliphatic carbocycles. The summed E-state index contributed by atoms with van der Waals surface area (Å²) in [6, 6.07) is 20.5. The van der Waals surface area contributed by atoms with Gasteiger partial charge < -0.3 is 14.5 Å². The van der Waals surface area contributed by atoms with Gasteiger partial charge in [0.25, 0.3) is 0 Å². The molecule has 1 saturated carbocycles. The molecule has 0 aliphatic heterocycles. The predicted octanol–water partition coefficient (Wildman–Crippen LogP) is 6.50. The minimum Gasteiger partial charge on any atom is -0.445 e. The number of alkyl carbamates (subject to hydrolysis) is 1. The number of rotatable bonds is 7. The average molecular weight is 440 g/mol. The summed E-state index contributed by atoms with van der Waals surface area (Å²) < 4.78 is 12.0. The number of carbonyl (C=O) groups is 1. The first-order valence-corrected chi connectivity index (χ1v) is 14.2. The van der Waals surface area contributed by atoms with Crippen LogP contribution >= 0.6 is 0 Å². The van der Waals surface area contributed by atoms with E-state index in [1.54, 1.807) is 0 Å². The van der Waals surface area contributed by atoms with E-state index < -0.39 is 8.32 Å². The van der Waals surface area contributed by atoms with Gasteiger partial charge in [0.05, 0.1) is 0 Å². The van der Waals surface area contributed by atoms with Crippen LogP contribution in [-0.2, 0) is 15.8 Å². The zero-order valence-electron chi connectivity index (χ0n) is 19.6. The minimum absolute atomic E-state index is 0.0986. The zero-order chi connectivity index (χ0) is 22.5. The maximum Gasteiger partial charge on any atom is 0.407 e. The zero-order valence-corrected chi connectivity index (χ0v) is 20.6. The molecule has 2 aromatic carbocycles. The van der Waals surface area contributed by atoms with E-state index in [0.29, 0.717) is 18.4 Å². The molecule has 2 aromatic rings. The fourth-order valence-corrected chi connectivity index (χ4v) is 5.06. The van der Waals surface area contributed by atoms with E-state index >= 15 is 0 Å². The molecule has 3 atom stereocenters. The lowest BCUT2D eigenvalue weighted by molar-refractivity contribution is 0.135. The van der Waals surface area contributed by atoms with E-state index in [2.05, 4.69) is 69.5 Å². The van der Waals surface area contributed by atoms with Crippen molar-refractivity contribution in [2.75, 3.05) is 6.61 Å². The van der Waals surface area contributed by atoms with Gasteiger partial charge in [0.2, 0.25) is 0 Å². The minimum atomic E-state index is -1.82. The third kappa shape index (κ3) is 6.44. The van der Waals surface area contributed by atoms with Crippen molar-refractivity contribution in [2.45, 2.75) is 70.3 Å². The summed E-state index contributed by atoms with van der Waals surface area (Å²) in [5.74, 6) is 0.765. The van der Waals surface area contributed by atoms with Gasteiger partial charge in [0.15, 0.2) is 8.32 Å². The van der Waals surface area contributed by atoms with Crippen molar-refractivity contribution in [1.82, 2.24) is 5.32 Å². The molecular formula is C26H37NO3Si. The van der Waals surface area contributed by atoms with Gasteiger partial charge in [-0.2, -0.15) is 0 Å². The molecule has 4 nitrogen and oxygen atoms in total. The van der Waals surface area contributed by atoms with Crippen molar-refractivity contribution in [2.24, 2.45) is 5.92 Å². The van der Waals surface area contributed by atoms with Crippen molar-refractivity contribution in [3.05, 3.63) is 71.8 Å². The molecule has 0 heterocycles. The highest BCUT2D eigenvalue weighted by Gasteiger charge is 2.41. The molecule has 1 fully saturated rings. The topological polar surface area (TPSA) is 47.6 Å². The van der Waals surface area contributed by atoms with Crippen molar-refractivity contribution in [3.63, 3.8) is 0 Å². The van der Waals surface area contributed by atoms with Gasteiger partial charge in [-0.1, -0.05) is 81.4 Å². The lowest BCUT2D eigenvalue weighted by Crippen LogP contribution is -2.42. The number of carbonyl (C=O) groups excluding carboxylic acids is 1. The Morgan fingerprint density at radius 2 is 1.61 bits per heavy atom. The van der Waals surface area contributed by atoms with Crippen LogP contribution in [0.4, 0.5) is 4.79 Å². The summed E-state index contributed by atoms with van der Waals surface area (Å²) >= 11 is 0. The first-order valence-electron chi connectivity index (χ1n) is 11.3. The van der Waals surface area contributed by atoms with E-state index in [-0.39, 0.29) is 17.2 Å². The fourth-order valence-electron chi connectivity index (χ4n) is 4.00. The van der Waals surface area contributed by atoms with E-state index in [1.165, 1.54) is 5.56 Å². The molecule has 0 saturated heterocycles. The van der Waals surface area contributed by atoms with Crippen LogP contribution in [0, 0.1) is 5.92 Å². The van der Waals surface area contributed by atoms with Crippen LogP contribution in [0.1, 0.15) is 50.7 Å². The first-order chi connectivity index (χ1) is 14.7. The van der Waals surface area contributed by atoms with E-state index in [0.717, 1.165) is 25.0 Å². The molecule has 3 unspecified atom stereocenters. The second-order valence-electron chi connectivity index (χ2n) is 10.2. The van der Waals surface area contributed by atoms with Crippen LogP contribution in [0.15, 0.2) is 60.7 Å². The molecular weight excluding hydrogens is 402 g/mol. The Morgan fingerprint density at radius 3 is 2.23 bits per heavy atom. The summed E-state index contributed by atoms with van der Waals surface area (Å²) in [6.45, 7) is 12.5. The second kappa shape index (κ2) is 10.0. The molecule has 1 amide bonds. The Bertz CT molecular complexity index is 833. The Labute approximate surface area is 188 Å². The van der Waals surface area contributed by atoms with Crippen LogP contribution in [0.25, 0.3) is 0 Å². The Balaban J connectivity index is 1.62. The van der Waals surface area contributed by atoms with Gasteiger partial charge in [-0.15, -0.1) is 0 Å². The van der Waals surface area contributed by atoms with E-state index in [1.807, 2.05) is 30.3 Å². The molecule has 0 radical (unpaired) electrons. The highest BCUT2D eigenvalue weighted by Crippen LogP contribution is 2.42. The number of hydrogen-bond acceptors (Lipinski definition) is 3. The van der Waals surface area contributed by atoms with Crippen molar-refractivity contribution in [3.8, 4) is 0 Å². The SMILES string of the molecule is CC(C)(C)[Si](C)(C)OCC1CC(NC(=O)OCc2ccccc2)CC1c1ccccc1. The average Bonchev–Trinajstić information content (AvgIpc) is 3.14. The molecule has 0 aromatic heterocycles. The third-order valence-corrected chi connectivity index (χ3v) is 11.4. The van der Waals surface area contributed by atoms with Crippen molar-refractivity contribution in [1.29, 1.82) is 0 Å². The van der Waals surface area contributed by atoms with Crippen molar-refractivity contribution < 1.29 is 14.0 Å².